The molecule has 1 aromatic heterocycles. The molecule has 0 radical (unpaired) electrons. The van der Waals surface area contributed by atoms with Gasteiger partial charge in [0, 0.05) is 19.0 Å². The van der Waals surface area contributed by atoms with Crippen molar-refractivity contribution in [1.29, 1.82) is 0 Å². The van der Waals surface area contributed by atoms with E-state index in [-0.39, 0.29) is 11.9 Å². The number of hydrogen-bond donors (Lipinski definition) is 0. The maximum absolute atomic E-state index is 11.2. The average Bonchev–Trinajstić information content (AvgIpc) is 2.18. The largest absolute Gasteiger partial charge is 0.373 e. The summed E-state index contributed by atoms with van der Waals surface area (Å²) in [5.41, 5.74) is 1.01. The van der Waals surface area contributed by atoms with Crippen molar-refractivity contribution in [3.63, 3.8) is 0 Å². The number of halogens is 1. The van der Waals surface area contributed by atoms with Crippen LogP contribution in [0.5, 0.6) is 0 Å². The van der Waals surface area contributed by atoms with E-state index in [1.54, 1.807) is 6.20 Å². The van der Waals surface area contributed by atoms with Gasteiger partial charge in [0.1, 0.15) is 10.4 Å². The Bertz CT molecular complexity index is 354. The van der Waals surface area contributed by atoms with Crippen molar-refractivity contribution in [2.45, 2.75) is 18.9 Å². The molecule has 0 saturated carbocycles. The number of carbonyl (C=O) groups excluding carboxylic acids is 1. The Morgan fingerprint density at radius 2 is 2.43 bits per heavy atom. The minimum Gasteiger partial charge on any atom is -0.373 e. The van der Waals surface area contributed by atoms with E-state index in [1.807, 2.05) is 12.1 Å². The Hall–Kier alpha value is -0.740. The number of ether oxygens (including phenoxy) is 1. The van der Waals surface area contributed by atoms with Crippen LogP contribution in [0.15, 0.2) is 22.9 Å². The lowest BCUT2D eigenvalue weighted by Gasteiger charge is -2.21. The maximum Gasteiger partial charge on any atom is 0.138 e. The predicted molar refractivity (Wildman–Crippen MR) is 54.9 cm³/mol. The van der Waals surface area contributed by atoms with E-state index in [1.165, 1.54) is 0 Å². The molecule has 0 spiro atoms. The zero-order valence-electron chi connectivity index (χ0n) is 7.57. The van der Waals surface area contributed by atoms with Crippen LogP contribution in [0.1, 0.15) is 24.5 Å². The molecule has 1 saturated heterocycles. The summed E-state index contributed by atoms with van der Waals surface area (Å²) in [4.78, 5) is 15.3. The highest BCUT2D eigenvalue weighted by Gasteiger charge is 2.21. The zero-order valence-corrected chi connectivity index (χ0v) is 9.16. The quantitative estimate of drug-likeness (QED) is 0.723. The molecule has 1 fully saturated rings. The van der Waals surface area contributed by atoms with Crippen molar-refractivity contribution in [3.8, 4) is 0 Å². The fourth-order valence-corrected chi connectivity index (χ4v) is 1.90. The Balaban J connectivity index is 2.17. The van der Waals surface area contributed by atoms with Gasteiger partial charge in [0.15, 0.2) is 0 Å². The molecule has 3 nitrogen and oxygen atoms in total. The number of carbonyl (C=O) groups is 1. The molecule has 2 heterocycles. The molecule has 1 atom stereocenters. The van der Waals surface area contributed by atoms with Gasteiger partial charge in [-0.2, -0.15) is 0 Å². The molecule has 4 heteroatoms. The topological polar surface area (TPSA) is 39.2 Å². The second kappa shape index (κ2) is 4.19. The third-order valence-corrected chi connectivity index (χ3v) is 2.67. The fraction of sp³-hybridized carbons (Fsp3) is 0.400. The first-order chi connectivity index (χ1) is 6.75. The molecule has 14 heavy (non-hydrogen) atoms. The van der Waals surface area contributed by atoms with Crippen LogP contribution in [0.2, 0.25) is 0 Å². The monoisotopic (exact) mass is 255 g/mol. The highest BCUT2D eigenvalue weighted by atomic mass is 79.9. The standard InChI is InChI=1S/C10H10BrNO2/c11-10-5-7(1-3-12-10)9-6-8(13)2-4-14-9/h1,3,5,9H,2,4,6H2. The Morgan fingerprint density at radius 3 is 3.14 bits per heavy atom. The van der Waals surface area contributed by atoms with E-state index >= 15 is 0 Å². The highest BCUT2D eigenvalue weighted by molar-refractivity contribution is 9.10. The van der Waals surface area contributed by atoms with Gasteiger partial charge in [-0.3, -0.25) is 4.79 Å². The van der Waals surface area contributed by atoms with E-state index in [0.29, 0.717) is 19.4 Å². The highest BCUT2D eigenvalue weighted by Crippen LogP contribution is 2.26. The first-order valence-electron chi connectivity index (χ1n) is 4.50. The Morgan fingerprint density at radius 1 is 1.57 bits per heavy atom. The summed E-state index contributed by atoms with van der Waals surface area (Å²) in [7, 11) is 0. The molecule has 1 aliphatic rings. The van der Waals surface area contributed by atoms with Gasteiger partial charge in [0.2, 0.25) is 0 Å². The molecule has 0 bridgehead atoms. The summed E-state index contributed by atoms with van der Waals surface area (Å²) in [6.45, 7) is 0.531. The number of ketones is 1. The van der Waals surface area contributed by atoms with Gasteiger partial charge < -0.3 is 4.74 Å². The van der Waals surface area contributed by atoms with Crippen LogP contribution in [0.25, 0.3) is 0 Å². The molecule has 0 aliphatic carbocycles. The van der Waals surface area contributed by atoms with Gasteiger partial charge in [-0.05, 0) is 33.6 Å². The SMILES string of the molecule is O=C1CCOC(c2ccnc(Br)c2)C1. The van der Waals surface area contributed by atoms with E-state index in [0.717, 1.165) is 10.2 Å². The molecular weight excluding hydrogens is 246 g/mol. The molecule has 74 valence electrons. The number of nitrogens with zero attached hydrogens (tertiary/aromatic N) is 1. The van der Waals surface area contributed by atoms with Crippen LogP contribution >= 0.6 is 15.9 Å². The van der Waals surface area contributed by atoms with Gasteiger partial charge in [-0.1, -0.05) is 0 Å². The summed E-state index contributed by atoms with van der Waals surface area (Å²) in [6, 6.07) is 3.78. The van der Waals surface area contributed by atoms with Gasteiger partial charge in [-0.25, -0.2) is 4.98 Å². The lowest BCUT2D eigenvalue weighted by atomic mass is 10.0. The second-order valence-electron chi connectivity index (χ2n) is 3.26. The smallest absolute Gasteiger partial charge is 0.138 e. The Labute approximate surface area is 90.6 Å². The van der Waals surface area contributed by atoms with Crippen LogP contribution in [-0.2, 0) is 9.53 Å². The summed E-state index contributed by atoms with van der Waals surface area (Å²) in [6.07, 6.45) is 2.65. The van der Waals surface area contributed by atoms with E-state index in [4.69, 9.17) is 4.74 Å². The van der Waals surface area contributed by atoms with Gasteiger partial charge in [0.05, 0.1) is 12.7 Å². The van der Waals surface area contributed by atoms with E-state index in [9.17, 15) is 4.79 Å². The zero-order chi connectivity index (χ0) is 9.97. The van der Waals surface area contributed by atoms with Crippen LogP contribution < -0.4 is 0 Å². The molecule has 0 aromatic carbocycles. The average molecular weight is 256 g/mol. The number of Topliss-reactive ketones (excluding diaryl/α,β-unsaturated/α-hetero) is 1. The van der Waals surface area contributed by atoms with Crippen molar-refractivity contribution in [1.82, 2.24) is 4.98 Å². The van der Waals surface area contributed by atoms with Crippen LogP contribution in [-0.4, -0.2) is 17.4 Å². The fourth-order valence-electron chi connectivity index (χ4n) is 1.51. The number of pyridine rings is 1. The van der Waals surface area contributed by atoms with Crippen molar-refractivity contribution in [2.75, 3.05) is 6.61 Å². The first kappa shape index (κ1) is 9.80. The third kappa shape index (κ3) is 2.19. The van der Waals surface area contributed by atoms with Crippen LogP contribution in [0.3, 0.4) is 0 Å². The number of hydrogen-bond acceptors (Lipinski definition) is 3. The van der Waals surface area contributed by atoms with Crippen molar-refractivity contribution in [3.05, 3.63) is 28.5 Å². The summed E-state index contributed by atoms with van der Waals surface area (Å²) in [5, 5.41) is 0. The molecular formula is C10H10BrNO2. The van der Waals surface area contributed by atoms with Crippen molar-refractivity contribution in [2.24, 2.45) is 0 Å². The van der Waals surface area contributed by atoms with Crippen molar-refractivity contribution < 1.29 is 9.53 Å². The molecule has 1 unspecified atom stereocenters. The summed E-state index contributed by atoms with van der Waals surface area (Å²) in [5.74, 6) is 0.272. The first-order valence-corrected chi connectivity index (χ1v) is 5.30. The normalized spacial score (nSPS) is 22.4. The molecule has 1 aromatic rings. The van der Waals surface area contributed by atoms with Gasteiger partial charge in [-0.15, -0.1) is 0 Å². The predicted octanol–water partition coefficient (Wildman–Crippen LogP) is 2.26. The maximum atomic E-state index is 11.2. The lowest BCUT2D eigenvalue weighted by Crippen LogP contribution is -2.19. The minimum atomic E-state index is -0.0875. The number of aromatic nitrogens is 1. The molecule has 0 N–H and O–H groups in total. The third-order valence-electron chi connectivity index (χ3n) is 2.24. The van der Waals surface area contributed by atoms with Gasteiger partial charge >= 0.3 is 0 Å². The summed E-state index contributed by atoms with van der Waals surface area (Å²) < 4.78 is 6.29. The van der Waals surface area contributed by atoms with Crippen LogP contribution in [0.4, 0.5) is 0 Å². The van der Waals surface area contributed by atoms with Crippen molar-refractivity contribution >= 4 is 21.7 Å². The van der Waals surface area contributed by atoms with Gasteiger partial charge in [0.25, 0.3) is 0 Å². The molecule has 0 amide bonds. The number of rotatable bonds is 1. The minimum absolute atomic E-state index is 0.0875. The second-order valence-corrected chi connectivity index (χ2v) is 4.08. The van der Waals surface area contributed by atoms with Crippen LogP contribution in [0, 0.1) is 0 Å². The van der Waals surface area contributed by atoms with E-state index < -0.39 is 0 Å². The van der Waals surface area contributed by atoms with E-state index in [2.05, 4.69) is 20.9 Å². The lowest BCUT2D eigenvalue weighted by molar-refractivity contribution is -0.128. The molecule has 2 rings (SSSR count). The molecule has 1 aliphatic heterocycles. The summed E-state index contributed by atoms with van der Waals surface area (Å²) >= 11 is 3.29. The Kier molecular flexibility index (Phi) is 2.93.